The van der Waals surface area contributed by atoms with Crippen LogP contribution in [0.25, 0.3) is 0 Å². The number of nitrogens with one attached hydrogen (secondary N) is 1. The Bertz CT molecular complexity index is 379. The molecule has 0 spiro atoms. The average Bonchev–Trinajstić information content (AvgIpc) is 2.31. The highest BCUT2D eigenvalue weighted by Crippen LogP contribution is 2.36. The molecule has 0 aliphatic heterocycles. The van der Waals surface area contributed by atoms with E-state index in [2.05, 4.69) is 25.2 Å². The van der Waals surface area contributed by atoms with Crippen LogP contribution in [-0.2, 0) is 0 Å². The molecule has 2 rings (SSSR count). The summed E-state index contributed by atoms with van der Waals surface area (Å²) in [5.41, 5.74) is 9.60. The molecule has 0 unspecified atom stereocenters. The second-order valence-corrected chi connectivity index (χ2v) is 5.80. The summed E-state index contributed by atoms with van der Waals surface area (Å²) in [5, 5.41) is 3.58. The minimum absolute atomic E-state index is 0.468. The summed E-state index contributed by atoms with van der Waals surface area (Å²) in [6.45, 7) is 5.60. The zero-order valence-electron chi connectivity index (χ0n) is 11.1. The third-order valence-electron chi connectivity index (χ3n) is 4.03. The fourth-order valence-corrected chi connectivity index (χ4v) is 2.72. The van der Waals surface area contributed by atoms with Crippen LogP contribution < -0.4 is 11.1 Å². The van der Waals surface area contributed by atoms with Crippen molar-refractivity contribution in [1.82, 2.24) is 0 Å². The van der Waals surface area contributed by atoms with Gasteiger partial charge in [0.05, 0.1) is 0 Å². The standard InChI is InChI=1S/C15H24N2/c1-12-6-7-13(16)10-14(12)17-11-15(2)8-4-3-5-9-15/h6-7,10,17H,3-5,8-9,11,16H2,1-2H3. The van der Waals surface area contributed by atoms with Crippen LogP contribution in [-0.4, -0.2) is 6.54 Å². The molecule has 0 bridgehead atoms. The lowest BCUT2D eigenvalue weighted by Gasteiger charge is -2.34. The average molecular weight is 232 g/mol. The van der Waals surface area contributed by atoms with Crippen molar-refractivity contribution >= 4 is 11.4 Å². The maximum Gasteiger partial charge on any atom is 0.0390 e. The lowest BCUT2D eigenvalue weighted by Crippen LogP contribution is -2.29. The Morgan fingerprint density at radius 3 is 2.65 bits per heavy atom. The van der Waals surface area contributed by atoms with Gasteiger partial charge < -0.3 is 11.1 Å². The first-order chi connectivity index (χ1) is 8.09. The van der Waals surface area contributed by atoms with Crippen molar-refractivity contribution in [3.05, 3.63) is 23.8 Å². The van der Waals surface area contributed by atoms with E-state index in [0.717, 1.165) is 12.2 Å². The van der Waals surface area contributed by atoms with Crippen LogP contribution in [0.4, 0.5) is 11.4 Å². The Morgan fingerprint density at radius 2 is 1.94 bits per heavy atom. The van der Waals surface area contributed by atoms with Gasteiger partial charge in [0.25, 0.3) is 0 Å². The van der Waals surface area contributed by atoms with Crippen LogP contribution in [0, 0.1) is 12.3 Å². The minimum atomic E-state index is 0.468. The zero-order valence-corrected chi connectivity index (χ0v) is 11.1. The van der Waals surface area contributed by atoms with Crippen LogP contribution in [0.15, 0.2) is 18.2 Å². The summed E-state index contributed by atoms with van der Waals surface area (Å²) in [6.07, 6.45) is 6.87. The van der Waals surface area contributed by atoms with Gasteiger partial charge in [0, 0.05) is 17.9 Å². The summed E-state index contributed by atoms with van der Waals surface area (Å²) in [7, 11) is 0. The lowest BCUT2D eigenvalue weighted by molar-refractivity contribution is 0.233. The molecule has 1 aliphatic rings. The molecule has 0 atom stereocenters. The molecule has 1 aliphatic carbocycles. The molecule has 2 heteroatoms. The summed E-state index contributed by atoms with van der Waals surface area (Å²) < 4.78 is 0. The second kappa shape index (κ2) is 4.99. The van der Waals surface area contributed by atoms with E-state index >= 15 is 0 Å². The first-order valence-corrected chi connectivity index (χ1v) is 6.69. The highest BCUT2D eigenvalue weighted by Gasteiger charge is 2.26. The van der Waals surface area contributed by atoms with Crippen LogP contribution >= 0.6 is 0 Å². The summed E-state index contributed by atoms with van der Waals surface area (Å²) in [6, 6.07) is 6.09. The third-order valence-corrected chi connectivity index (χ3v) is 4.03. The van der Waals surface area contributed by atoms with Gasteiger partial charge in [-0.2, -0.15) is 0 Å². The first kappa shape index (κ1) is 12.3. The molecular formula is C15H24N2. The van der Waals surface area contributed by atoms with Crippen molar-refractivity contribution in [1.29, 1.82) is 0 Å². The third kappa shape index (κ3) is 3.15. The normalized spacial score (nSPS) is 18.9. The molecule has 0 heterocycles. The van der Waals surface area contributed by atoms with Crippen LogP contribution in [0.1, 0.15) is 44.6 Å². The molecule has 1 saturated carbocycles. The summed E-state index contributed by atoms with van der Waals surface area (Å²) >= 11 is 0. The molecule has 0 radical (unpaired) electrons. The number of benzene rings is 1. The molecule has 0 saturated heterocycles. The highest BCUT2D eigenvalue weighted by molar-refractivity contribution is 5.59. The van der Waals surface area contributed by atoms with E-state index in [1.165, 1.54) is 43.4 Å². The predicted octanol–water partition coefficient (Wildman–Crippen LogP) is 3.96. The van der Waals surface area contributed by atoms with Crippen LogP contribution in [0.2, 0.25) is 0 Å². The van der Waals surface area contributed by atoms with Gasteiger partial charge in [-0.1, -0.05) is 32.3 Å². The van der Waals surface area contributed by atoms with Gasteiger partial charge in [-0.3, -0.25) is 0 Å². The Kier molecular flexibility index (Phi) is 3.60. The van der Waals surface area contributed by atoms with Gasteiger partial charge in [0.2, 0.25) is 0 Å². The maximum atomic E-state index is 5.83. The van der Waals surface area contributed by atoms with E-state index in [1.54, 1.807) is 0 Å². The van der Waals surface area contributed by atoms with E-state index in [9.17, 15) is 0 Å². The van der Waals surface area contributed by atoms with Gasteiger partial charge in [-0.15, -0.1) is 0 Å². The number of hydrogen-bond donors (Lipinski definition) is 2. The lowest BCUT2D eigenvalue weighted by atomic mass is 9.75. The molecule has 0 amide bonds. The Balaban J connectivity index is 1.99. The zero-order chi connectivity index (χ0) is 12.3. The molecule has 1 aromatic carbocycles. The van der Waals surface area contributed by atoms with Gasteiger partial charge in [0.1, 0.15) is 0 Å². The smallest absolute Gasteiger partial charge is 0.0390 e. The number of nitrogen functional groups attached to an aromatic ring is 1. The molecule has 1 aromatic rings. The van der Waals surface area contributed by atoms with E-state index in [-0.39, 0.29) is 0 Å². The van der Waals surface area contributed by atoms with Crippen molar-refractivity contribution < 1.29 is 0 Å². The molecular weight excluding hydrogens is 208 g/mol. The van der Waals surface area contributed by atoms with Gasteiger partial charge in [-0.25, -0.2) is 0 Å². The summed E-state index contributed by atoms with van der Waals surface area (Å²) in [4.78, 5) is 0. The molecule has 3 N–H and O–H groups in total. The number of rotatable bonds is 3. The first-order valence-electron chi connectivity index (χ1n) is 6.69. The van der Waals surface area contributed by atoms with Gasteiger partial charge in [0.15, 0.2) is 0 Å². The Labute approximate surface area is 105 Å². The van der Waals surface area contributed by atoms with Crippen molar-refractivity contribution in [2.75, 3.05) is 17.6 Å². The van der Waals surface area contributed by atoms with E-state index in [0.29, 0.717) is 5.41 Å². The quantitative estimate of drug-likeness (QED) is 0.774. The molecule has 17 heavy (non-hydrogen) atoms. The van der Waals surface area contributed by atoms with Crippen LogP contribution in [0.3, 0.4) is 0 Å². The molecule has 0 aromatic heterocycles. The topological polar surface area (TPSA) is 38.0 Å². The predicted molar refractivity (Wildman–Crippen MR) is 75.3 cm³/mol. The number of nitrogens with two attached hydrogens (primary N) is 1. The maximum absolute atomic E-state index is 5.83. The number of anilines is 2. The van der Waals surface area contributed by atoms with Crippen molar-refractivity contribution in [3.63, 3.8) is 0 Å². The Morgan fingerprint density at radius 1 is 1.24 bits per heavy atom. The van der Waals surface area contributed by atoms with Crippen LogP contribution in [0.5, 0.6) is 0 Å². The van der Waals surface area contributed by atoms with Gasteiger partial charge >= 0.3 is 0 Å². The van der Waals surface area contributed by atoms with E-state index in [4.69, 9.17) is 5.73 Å². The van der Waals surface area contributed by atoms with Gasteiger partial charge in [-0.05, 0) is 42.9 Å². The van der Waals surface area contributed by atoms with Crippen molar-refractivity contribution in [2.24, 2.45) is 5.41 Å². The van der Waals surface area contributed by atoms with E-state index < -0.39 is 0 Å². The number of aryl methyl sites for hydroxylation is 1. The monoisotopic (exact) mass is 232 g/mol. The highest BCUT2D eigenvalue weighted by atomic mass is 14.9. The molecule has 94 valence electrons. The number of hydrogen-bond acceptors (Lipinski definition) is 2. The fraction of sp³-hybridized carbons (Fsp3) is 0.600. The second-order valence-electron chi connectivity index (χ2n) is 5.80. The summed E-state index contributed by atoms with van der Waals surface area (Å²) in [5.74, 6) is 0. The Hall–Kier alpha value is -1.18. The molecule has 1 fully saturated rings. The molecule has 2 nitrogen and oxygen atoms in total. The SMILES string of the molecule is Cc1ccc(N)cc1NCC1(C)CCCCC1. The minimum Gasteiger partial charge on any atom is -0.399 e. The fourth-order valence-electron chi connectivity index (χ4n) is 2.72. The van der Waals surface area contributed by atoms with Crippen molar-refractivity contribution in [2.45, 2.75) is 46.0 Å². The largest absolute Gasteiger partial charge is 0.399 e. The van der Waals surface area contributed by atoms with Crippen molar-refractivity contribution in [3.8, 4) is 0 Å². The van der Waals surface area contributed by atoms with E-state index in [1.807, 2.05) is 12.1 Å².